The maximum atomic E-state index is 8.09. The van der Waals surface area contributed by atoms with Crippen molar-refractivity contribution in [3.05, 3.63) is 0 Å². The van der Waals surface area contributed by atoms with Gasteiger partial charge in [0.25, 0.3) is 0 Å². The number of rotatable bonds is 3. The summed E-state index contributed by atoms with van der Waals surface area (Å²) in [6, 6.07) is 0. The molecule has 0 heterocycles. The molecule has 0 spiro atoms. The van der Waals surface area contributed by atoms with E-state index in [0.717, 1.165) is 0 Å². The molecule has 0 fully saturated rings. The summed E-state index contributed by atoms with van der Waals surface area (Å²) in [6.45, 7) is 1.85. The van der Waals surface area contributed by atoms with Gasteiger partial charge in [0.1, 0.15) is 5.84 Å². The van der Waals surface area contributed by atoms with Crippen molar-refractivity contribution in [1.29, 1.82) is 0 Å². The van der Waals surface area contributed by atoms with Crippen LogP contribution in [0.2, 0.25) is 0 Å². The summed E-state index contributed by atoms with van der Waals surface area (Å²) in [5, 5.41) is 10.9. The van der Waals surface area contributed by atoms with Crippen LogP contribution in [-0.4, -0.2) is 24.3 Å². The molecule has 1 unspecified atom stereocenters. The summed E-state index contributed by atoms with van der Waals surface area (Å²) < 4.78 is 4.85. The molecule has 0 saturated heterocycles. The summed E-state index contributed by atoms with van der Waals surface area (Å²) in [6.07, 6.45) is 0.480. The van der Waals surface area contributed by atoms with Gasteiger partial charge in [0, 0.05) is 13.5 Å². The Kier molecular flexibility index (Phi) is 3.79. The molecule has 0 aromatic heterocycles. The first-order chi connectivity index (χ1) is 4.20. The number of ether oxygens (including phenoxy) is 1. The van der Waals surface area contributed by atoms with E-state index in [2.05, 4.69) is 5.16 Å². The smallest absolute Gasteiger partial charge is 0.141 e. The van der Waals surface area contributed by atoms with Crippen LogP contribution in [0.1, 0.15) is 13.3 Å². The van der Waals surface area contributed by atoms with E-state index in [1.165, 1.54) is 0 Å². The molecule has 0 aromatic rings. The average molecular weight is 132 g/mol. The Morgan fingerprint density at radius 2 is 2.44 bits per heavy atom. The van der Waals surface area contributed by atoms with Gasteiger partial charge in [0.2, 0.25) is 0 Å². The van der Waals surface area contributed by atoms with Gasteiger partial charge in [-0.05, 0) is 6.92 Å². The number of hydrogen-bond donors (Lipinski definition) is 2. The Labute approximate surface area is 54.3 Å². The van der Waals surface area contributed by atoms with Crippen LogP contribution >= 0.6 is 0 Å². The molecular weight excluding hydrogens is 120 g/mol. The van der Waals surface area contributed by atoms with Gasteiger partial charge in [-0.3, -0.25) is 0 Å². The van der Waals surface area contributed by atoms with Gasteiger partial charge in [0.05, 0.1) is 6.10 Å². The predicted molar refractivity (Wildman–Crippen MR) is 34.5 cm³/mol. The van der Waals surface area contributed by atoms with Crippen LogP contribution in [0.3, 0.4) is 0 Å². The van der Waals surface area contributed by atoms with E-state index < -0.39 is 0 Å². The zero-order valence-electron chi connectivity index (χ0n) is 5.66. The highest BCUT2D eigenvalue weighted by atomic mass is 16.5. The van der Waals surface area contributed by atoms with Gasteiger partial charge in [-0.1, -0.05) is 5.16 Å². The second-order valence-corrected chi connectivity index (χ2v) is 1.84. The molecule has 0 rings (SSSR count). The van der Waals surface area contributed by atoms with E-state index in [9.17, 15) is 0 Å². The van der Waals surface area contributed by atoms with Crippen molar-refractivity contribution >= 4 is 5.84 Å². The van der Waals surface area contributed by atoms with E-state index in [1.54, 1.807) is 7.11 Å². The van der Waals surface area contributed by atoms with Crippen LogP contribution in [0.4, 0.5) is 0 Å². The fourth-order valence-corrected chi connectivity index (χ4v) is 0.419. The molecule has 0 amide bonds. The maximum absolute atomic E-state index is 8.09. The average Bonchev–Trinajstić information content (AvgIpc) is 1.87. The second-order valence-electron chi connectivity index (χ2n) is 1.84. The highest BCUT2D eigenvalue weighted by Crippen LogP contribution is 1.93. The van der Waals surface area contributed by atoms with Gasteiger partial charge < -0.3 is 15.7 Å². The third-order valence-electron chi connectivity index (χ3n) is 1.03. The number of amidine groups is 1. The predicted octanol–water partition coefficient (Wildman–Crippen LogP) is 0.158. The lowest BCUT2D eigenvalue weighted by molar-refractivity contribution is 0.123. The molecule has 0 aromatic carbocycles. The number of nitrogens with zero attached hydrogens (tertiary/aromatic N) is 1. The molecular formula is C5H12N2O2. The third kappa shape index (κ3) is 3.78. The molecule has 0 aliphatic rings. The summed E-state index contributed by atoms with van der Waals surface area (Å²) >= 11 is 0. The quantitative estimate of drug-likeness (QED) is 0.249. The van der Waals surface area contributed by atoms with Gasteiger partial charge in [-0.2, -0.15) is 0 Å². The number of hydrogen-bond acceptors (Lipinski definition) is 3. The Hall–Kier alpha value is -0.770. The second kappa shape index (κ2) is 4.14. The van der Waals surface area contributed by atoms with Crippen LogP contribution in [0.25, 0.3) is 0 Å². The summed E-state index contributed by atoms with van der Waals surface area (Å²) in [5.74, 6) is 0.198. The third-order valence-corrected chi connectivity index (χ3v) is 1.03. The van der Waals surface area contributed by atoms with Crippen molar-refractivity contribution in [3.8, 4) is 0 Å². The van der Waals surface area contributed by atoms with Crippen molar-refractivity contribution in [2.75, 3.05) is 7.11 Å². The van der Waals surface area contributed by atoms with Gasteiger partial charge >= 0.3 is 0 Å². The van der Waals surface area contributed by atoms with Crippen molar-refractivity contribution in [2.24, 2.45) is 10.9 Å². The Morgan fingerprint density at radius 3 is 2.78 bits per heavy atom. The number of oxime groups is 1. The van der Waals surface area contributed by atoms with Gasteiger partial charge in [-0.25, -0.2) is 0 Å². The largest absolute Gasteiger partial charge is 0.409 e. The van der Waals surface area contributed by atoms with Crippen molar-refractivity contribution in [3.63, 3.8) is 0 Å². The molecule has 4 nitrogen and oxygen atoms in total. The Morgan fingerprint density at radius 1 is 1.89 bits per heavy atom. The molecule has 0 bridgehead atoms. The van der Waals surface area contributed by atoms with Gasteiger partial charge in [-0.15, -0.1) is 0 Å². The van der Waals surface area contributed by atoms with E-state index in [0.29, 0.717) is 6.42 Å². The van der Waals surface area contributed by atoms with Crippen LogP contribution in [0.15, 0.2) is 5.16 Å². The molecule has 4 heteroatoms. The standard InChI is InChI=1S/C5H12N2O2/c1-4(9-2)3-5(6)7-8/h4,8H,3H2,1-2H3,(H2,6,7). The molecule has 0 aliphatic heterocycles. The first-order valence-electron chi connectivity index (χ1n) is 2.70. The van der Waals surface area contributed by atoms with Crippen molar-refractivity contribution < 1.29 is 9.94 Å². The topological polar surface area (TPSA) is 67.8 Å². The molecule has 9 heavy (non-hydrogen) atoms. The SMILES string of the molecule is COC(C)C/C(N)=N/O. The molecule has 0 radical (unpaired) electrons. The van der Waals surface area contributed by atoms with Crippen molar-refractivity contribution in [2.45, 2.75) is 19.4 Å². The fraction of sp³-hybridized carbons (Fsp3) is 0.800. The molecule has 54 valence electrons. The normalized spacial score (nSPS) is 15.6. The lowest BCUT2D eigenvalue weighted by atomic mass is 10.3. The molecule has 3 N–H and O–H groups in total. The Bertz CT molecular complexity index is 103. The minimum atomic E-state index is 0.0147. The van der Waals surface area contributed by atoms with E-state index in [1.807, 2.05) is 6.92 Å². The summed E-state index contributed by atoms with van der Waals surface area (Å²) in [4.78, 5) is 0. The van der Waals surface area contributed by atoms with Crippen LogP contribution in [0, 0.1) is 0 Å². The first kappa shape index (κ1) is 8.23. The highest BCUT2D eigenvalue weighted by molar-refractivity contribution is 5.79. The number of methoxy groups -OCH3 is 1. The highest BCUT2D eigenvalue weighted by Gasteiger charge is 2.01. The van der Waals surface area contributed by atoms with E-state index in [-0.39, 0.29) is 11.9 Å². The van der Waals surface area contributed by atoms with Crippen LogP contribution < -0.4 is 5.73 Å². The summed E-state index contributed by atoms with van der Waals surface area (Å²) in [5.41, 5.74) is 5.17. The molecule has 0 saturated carbocycles. The fourth-order valence-electron chi connectivity index (χ4n) is 0.419. The van der Waals surface area contributed by atoms with E-state index >= 15 is 0 Å². The van der Waals surface area contributed by atoms with Crippen molar-refractivity contribution in [1.82, 2.24) is 0 Å². The Balaban J connectivity index is 3.47. The number of nitrogens with two attached hydrogens (primary N) is 1. The lowest BCUT2D eigenvalue weighted by Gasteiger charge is -2.05. The zero-order valence-corrected chi connectivity index (χ0v) is 5.66. The molecule has 1 atom stereocenters. The zero-order chi connectivity index (χ0) is 7.28. The minimum absolute atomic E-state index is 0.0147. The van der Waals surface area contributed by atoms with Gasteiger partial charge in [0.15, 0.2) is 0 Å². The monoisotopic (exact) mass is 132 g/mol. The van der Waals surface area contributed by atoms with Crippen LogP contribution in [-0.2, 0) is 4.74 Å². The summed E-state index contributed by atoms with van der Waals surface area (Å²) in [7, 11) is 1.58. The molecule has 0 aliphatic carbocycles. The lowest BCUT2D eigenvalue weighted by Crippen LogP contribution is -2.19. The maximum Gasteiger partial charge on any atom is 0.141 e. The van der Waals surface area contributed by atoms with E-state index in [4.69, 9.17) is 15.7 Å². The van der Waals surface area contributed by atoms with Crippen LogP contribution in [0.5, 0.6) is 0 Å². The first-order valence-corrected chi connectivity index (χ1v) is 2.70. The minimum Gasteiger partial charge on any atom is -0.409 e.